The lowest BCUT2D eigenvalue weighted by molar-refractivity contribution is 1.22. The number of hydrogen-bond acceptors (Lipinski definition) is 1. The van der Waals surface area contributed by atoms with E-state index in [1.165, 1.54) is 5.57 Å². The Morgan fingerprint density at radius 3 is 2.50 bits per heavy atom. The summed E-state index contributed by atoms with van der Waals surface area (Å²) in [5, 5.41) is 0. The summed E-state index contributed by atoms with van der Waals surface area (Å²) >= 11 is 0. The Hall–Kier alpha value is -1.11. The van der Waals surface area contributed by atoms with Crippen LogP contribution in [0.2, 0.25) is 0 Å². The number of rotatable bonds is 4. The SMILES string of the molecule is C=N/C(C=C(C)C)=C/C=C\CC. The van der Waals surface area contributed by atoms with Crippen molar-refractivity contribution < 1.29 is 0 Å². The fourth-order valence-electron chi connectivity index (χ4n) is 0.745. The number of aliphatic imine (C=N–C) groups is 1. The van der Waals surface area contributed by atoms with Crippen LogP contribution in [0.4, 0.5) is 0 Å². The molecule has 0 spiro atoms. The molecule has 0 aromatic carbocycles. The second-order valence-corrected chi connectivity index (χ2v) is 2.81. The molecule has 0 aromatic rings. The third-order valence-electron chi connectivity index (χ3n) is 1.26. The summed E-state index contributed by atoms with van der Waals surface area (Å²) < 4.78 is 0. The molecule has 0 aliphatic carbocycles. The summed E-state index contributed by atoms with van der Waals surface area (Å²) in [6, 6.07) is 0. The first-order valence-electron chi connectivity index (χ1n) is 4.19. The van der Waals surface area contributed by atoms with Crippen LogP contribution in [-0.2, 0) is 0 Å². The summed E-state index contributed by atoms with van der Waals surface area (Å²) in [6.45, 7) is 9.69. The molecule has 12 heavy (non-hydrogen) atoms. The molecule has 0 aliphatic heterocycles. The maximum absolute atomic E-state index is 3.88. The lowest BCUT2D eigenvalue weighted by Gasteiger charge is -1.91. The molecule has 0 unspecified atom stereocenters. The highest BCUT2D eigenvalue weighted by atomic mass is 14.7. The molecule has 0 radical (unpaired) electrons. The van der Waals surface area contributed by atoms with Crippen molar-refractivity contribution in [2.75, 3.05) is 0 Å². The quantitative estimate of drug-likeness (QED) is 0.444. The van der Waals surface area contributed by atoms with E-state index in [2.05, 4.69) is 24.7 Å². The maximum atomic E-state index is 3.88. The van der Waals surface area contributed by atoms with Crippen molar-refractivity contribution in [3.63, 3.8) is 0 Å². The van der Waals surface area contributed by atoms with Gasteiger partial charge in [-0.1, -0.05) is 24.6 Å². The van der Waals surface area contributed by atoms with Gasteiger partial charge in [-0.15, -0.1) is 0 Å². The summed E-state index contributed by atoms with van der Waals surface area (Å²) in [5.74, 6) is 0. The minimum atomic E-state index is 0.916. The second-order valence-electron chi connectivity index (χ2n) is 2.81. The van der Waals surface area contributed by atoms with Gasteiger partial charge in [-0.25, -0.2) is 0 Å². The van der Waals surface area contributed by atoms with Crippen LogP contribution < -0.4 is 0 Å². The topological polar surface area (TPSA) is 12.4 Å². The summed E-state index contributed by atoms with van der Waals surface area (Å²) in [4.78, 5) is 3.88. The lowest BCUT2D eigenvalue weighted by atomic mass is 10.2. The first-order valence-corrected chi connectivity index (χ1v) is 4.19. The van der Waals surface area contributed by atoms with E-state index in [9.17, 15) is 0 Å². The summed E-state index contributed by atoms with van der Waals surface area (Å²) in [7, 11) is 0. The predicted octanol–water partition coefficient (Wildman–Crippen LogP) is 3.50. The van der Waals surface area contributed by atoms with Gasteiger partial charge >= 0.3 is 0 Å². The van der Waals surface area contributed by atoms with Gasteiger partial charge in [-0.05, 0) is 39.1 Å². The molecular weight excluding hydrogens is 146 g/mol. The zero-order valence-corrected chi connectivity index (χ0v) is 8.17. The van der Waals surface area contributed by atoms with Gasteiger partial charge in [0.15, 0.2) is 0 Å². The molecule has 1 heteroatoms. The Labute approximate surface area is 75.2 Å². The van der Waals surface area contributed by atoms with E-state index in [1.54, 1.807) is 0 Å². The molecule has 0 aromatic heterocycles. The second kappa shape index (κ2) is 6.59. The first-order chi connectivity index (χ1) is 5.70. The summed E-state index contributed by atoms with van der Waals surface area (Å²) in [5.41, 5.74) is 2.15. The normalized spacial score (nSPS) is 11.8. The van der Waals surface area contributed by atoms with E-state index in [1.807, 2.05) is 32.1 Å². The zero-order valence-electron chi connectivity index (χ0n) is 8.17. The predicted molar refractivity (Wildman–Crippen MR) is 56.5 cm³/mol. The highest BCUT2D eigenvalue weighted by Gasteiger charge is 1.83. The first kappa shape index (κ1) is 10.9. The fourth-order valence-corrected chi connectivity index (χ4v) is 0.745. The lowest BCUT2D eigenvalue weighted by Crippen LogP contribution is -1.72. The molecule has 0 atom stereocenters. The van der Waals surface area contributed by atoms with Crippen LogP contribution in [0.25, 0.3) is 0 Å². The molecule has 0 fully saturated rings. The van der Waals surface area contributed by atoms with E-state index < -0.39 is 0 Å². The van der Waals surface area contributed by atoms with Crippen LogP contribution in [0.1, 0.15) is 27.2 Å². The van der Waals surface area contributed by atoms with Crippen LogP contribution in [0.5, 0.6) is 0 Å². The summed E-state index contributed by atoms with van der Waals surface area (Å²) in [6.07, 6.45) is 9.11. The molecule has 0 heterocycles. The number of nitrogens with zero attached hydrogens (tertiary/aromatic N) is 1. The minimum absolute atomic E-state index is 0.916. The Bertz CT molecular complexity index is 215. The Balaban J connectivity index is 4.34. The van der Waals surface area contributed by atoms with Crippen molar-refractivity contribution >= 4 is 6.72 Å². The largest absolute Gasteiger partial charge is 0.265 e. The van der Waals surface area contributed by atoms with Gasteiger partial charge in [0, 0.05) is 0 Å². The highest BCUT2D eigenvalue weighted by molar-refractivity contribution is 5.35. The highest BCUT2D eigenvalue weighted by Crippen LogP contribution is 2.02. The van der Waals surface area contributed by atoms with Crippen molar-refractivity contribution in [3.05, 3.63) is 35.6 Å². The Kier molecular flexibility index (Phi) is 5.98. The van der Waals surface area contributed by atoms with Gasteiger partial charge in [-0.3, -0.25) is 4.99 Å². The van der Waals surface area contributed by atoms with Crippen LogP contribution in [0.15, 0.2) is 40.6 Å². The number of hydrogen-bond donors (Lipinski definition) is 0. The third-order valence-corrected chi connectivity index (χ3v) is 1.26. The molecule has 1 nitrogen and oxygen atoms in total. The average Bonchev–Trinajstić information content (AvgIpc) is 2.02. The maximum Gasteiger partial charge on any atom is 0.0621 e. The van der Waals surface area contributed by atoms with E-state index in [4.69, 9.17) is 0 Å². The van der Waals surface area contributed by atoms with E-state index in [-0.39, 0.29) is 0 Å². The van der Waals surface area contributed by atoms with Gasteiger partial charge in [0.1, 0.15) is 0 Å². The van der Waals surface area contributed by atoms with Crippen LogP contribution in [-0.4, -0.2) is 6.72 Å². The minimum Gasteiger partial charge on any atom is -0.265 e. The Morgan fingerprint density at radius 1 is 1.42 bits per heavy atom. The van der Waals surface area contributed by atoms with E-state index >= 15 is 0 Å². The van der Waals surface area contributed by atoms with Crippen molar-refractivity contribution in [2.45, 2.75) is 27.2 Å². The van der Waals surface area contributed by atoms with Crippen LogP contribution >= 0.6 is 0 Å². The third kappa shape index (κ3) is 5.66. The van der Waals surface area contributed by atoms with E-state index in [0.717, 1.165) is 12.1 Å². The molecule has 0 saturated heterocycles. The molecule has 66 valence electrons. The van der Waals surface area contributed by atoms with Crippen molar-refractivity contribution in [1.82, 2.24) is 0 Å². The molecule has 0 bridgehead atoms. The van der Waals surface area contributed by atoms with Crippen LogP contribution in [0.3, 0.4) is 0 Å². The van der Waals surface area contributed by atoms with E-state index in [0.29, 0.717) is 0 Å². The van der Waals surface area contributed by atoms with Gasteiger partial charge in [0.25, 0.3) is 0 Å². The van der Waals surface area contributed by atoms with Crippen molar-refractivity contribution in [1.29, 1.82) is 0 Å². The fraction of sp³-hybridized carbons (Fsp3) is 0.364. The molecule has 0 amide bonds. The molecule has 0 rings (SSSR count). The van der Waals surface area contributed by atoms with Crippen LogP contribution in [0, 0.1) is 0 Å². The average molecular weight is 163 g/mol. The van der Waals surface area contributed by atoms with Crippen molar-refractivity contribution in [3.8, 4) is 0 Å². The van der Waals surface area contributed by atoms with Gasteiger partial charge < -0.3 is 0 Å². The van der Waals surface area contributed by atoms with Gasteiger partial charge in [0.2, 0.25) is 0 Å². The molecule has 0 saturated carbocycles. The smallest absolute Gasteiger partial charge is 0.0621 e. The zero-order chi connectivity index (χ0) is 9.40. The Morgan fingerprint density at radius 2 is 2.08 bits per heavy atom. The van der Waals surface area contributed by atoms with Gasteiger partial charge in [0.05, 0.1) is 5.70 Å². The number of allylic oxidation sites excluding steroid dienone is 5. The molecule has 0 N–H and O–H groups in total. The molecular formula is C11H17N. The standard InChI is InChI=1S/C11H17N/c1-5-6-7-8-11(12-4)9-10(2)3/h6-9H,4-5H2,1-3H3/b7-6-,11-8+. The monoisotopic (exact) mass is 163 g/mol. The van der Waals surface area contributed by atoms with Crippen molar-refractivity contribution in [2.24, 2.45) is 4.99 Å². The van der Waals surface area contributed by atoms with Gasteiger partial charge in [-0.2, -0.15) is 0 Å². The molecule has 0 aliphatic rings.